The van der Waals surface area contributed by atoms with Crippen molar-refractivity contribution in [3.63, 3.8) is 0 Å². The number of benzene rings is 2. The van der Waals surface area contributed by atoms with Crippen molar-refractivity contribution in [2.24, 2.45) is 5.73 Å². The van der Waals surface area contributed by atoms with Gasteiger partial charge >= 0.3 is 0 Å². The van der Waals surface area contributed by atoms with Gasteiger partial charge in [0.2, 0.25) is 0 Å². The highest BCUT2D eigenvalue weighted by Crippen LogP contribution is 2.28. The lowest BCUT2D eigenvalue weighted by atomic mass is 10.1. The fourth-order valence-electron chi connectivity index (χ4n) is 1.90. The topological polar surface area (TPSA) is 38.0 Å². The Morgan fingerprint density at radius 2 is 1.90 bits per heavy atom. The summed E-state index contributed by atoms with van der Waals surface area (Å²) in [6, 6.07) is 8.92. The molecule has 0 atom stereocenters. The Morgan fingerprint density at radius 3 is 2.55 bits per heavy atom. The molecule has 0 bridgehead atoms. The van der Waals surface area contributed by atoms with Crippen molar-refractivity contribution in [3.05, 3.63) is 57.3 Å². The van der Waals surface area contributed by atoms with E-state index in [1.165, 1.54) is 6.07 Å². The fourth-order valence-corrected chi connectivity index (χ4v) is 2.54. The normalized spacial score (nSPS) is 10.4. The van der Waals surface area contributed by atoms with Crippen molar-refractivity contribution in [1.82, 2.24) is 0 Å². The molecule has 0 amide bonds. The zero-order valence-electron chi connectivity index (χ0n) is 11.1. The highest BCUT2D eigenvalue weighted by atomic mass is 79.9. The number of aryl methyl sites for hydroxylation is 2. The van der Waals surface area contributed by atoms with E-state index in [1.807, 2.05) is 32.0 Å². The van der Waals surface area contributed by atoms with E-state index < -0.39 is 0 Å². The Morgan fingerprint density at radius 1 is 1.20 bits per heavy atom. The van der Waals surface area contributed by atoms with Crippen molar-refractivity contribution >= 4 is 44.5 Å². The highest BCUT2D eigenvalue weighted by molar-refractivity contribution is 9.10. The van der Waals surface area contributed by atoms with Crippen molar-refractivity contribution in [2.45, 2.75) is 13.8 Å². The summed E-state index contributed by atoms with van der Waals surface area (Å²) in [5.41, 5.74) is 9.93. The number of hydrogen-bond acceptors (Lipinski definition) is 2. The average molecular weight is 353 g/mol. The Kier molecular flexibility index (Phi) is 4.40. The van der Waals surface area contributed by atoms with E-state index in [-0.39, 0.29) is 5.82 Å². The molecule has 0 aliphatic rings. The third-order valence-corrected chi connectivity index (χ3v) is 3.80. The SMILES string of the molecule is Cc1ccc(C(N)=S)c(Nc2cc(F)c(Br)cc2C)c1. The predicted molar refractivity (Wildman–Crippen MR) is 89.2 cm³/mol. The molecule has 20 heavy (non-hydrogen) atoms. The van der Waals surface area contributed by atoms with Crippen LogP contribution in [0.4, 0.5) is 15.8 Å². The van der Waals surface area contributed by atoms with Gasteiger partial charge in [-0.15, -0.1) is 0 Å². The minimum absolute atomic E-state index is 0.308. The van der Waals surface area contributed by atoms with Crippen LogP contribution >= 0.6 is 28.1 Å². The Hall–Kier alpha value is -1.46. The van der Waals surface area contributed by atoms with Crippen LogP contribution in [0.2, 0.25) is 0 Å². The summed E-state index contributed by atoms with van der Waals surface area (Å²) >= 11 is 8.22. The van der Waals surface area contributed by atoms with Crippen LogP contribution in [0, 0.1) is 19.7 Å². The third kappa shape index (κ3) is 3.16. The molecule has 0 aliphatic carbocycles. The smallest absolute Gasteiger partial charge is 0.139 e. The lowest BCUT2D eigenvalue weighted by Crippen LogP contribution is -2.12. The minimum atomic E-state index is -0.317. The van der Waals surface area contributed by atoms with Gasteiger partial charge in [-0.2, -0.15) is 0 Å². The van der Waals surface area contributed by atoms with Crippen LogP contribution in [0.3, 0.4) is 0 Å². The Balaban J connectivity index is 2.47. The number of thiocarbonyl (C=S) groups is 1. The second-order valence-electron chi connectivity index (χ2n) is 4.62. The lowest BCUT2D eigenvalue weighted by Gasteiger charge is -2.14. The molecule has 0 saturated carbocycles. The molecule has 0 aromatic heterocycles. The first-order chi connectivity index (χ1) is 9.38. The second kappa shape index (κ2) is 5.89. The predicted octanol–water partition coefficient (Wildman–Crippen LogP) is 4.58. The van der Waals surface area contributed by atoms with Crippen LogP contribution in [-0.4, -0.2) is 4.99 Å². The molecule has 104 valence electrons. The second-order valence-corrected chi connectivity index (χ2v) is 5.91. The van der Waals surface area contributed by atoms with Gasteiger partial charge in [0.05, 0.1) is 4.47 Å². The highest BCUT2D eigenvalue weighted by Gasteiger charge is 2.09. The van der Waals surface area contributed by atoms with E-state index in [1.54, 1.807) is 6.07 Å². The summed E-state index contributed by atoms with van der Waals surface area (Å²) in [4.78, 5) is 0.308. The van der Waals surface area contributed by atoms with Crippen LogP contribution in [0.15, 0.2) is 34.8 Å². The molecule has 0 fully saturated rings. The molecule has 0 saturated heterocycles. The first-order valence-corrected chi connectivity index (χ1v) is 7.21. The van der Waals surface area contributed by atoms with Gasteiger partial charge < -0.3 is 11.1 Å². The zero-order chi connectivity index (χ0) is 14.9. The quantitative estimate of drug-likeness (QED) is 0.793. The van der Waals surface area contributed by atoms with E-state index in [4.69, 9.17) is 18.0 Å². The molecular weight excluding hydrogens is 339 g/mol. The van der Waals surface area contributed by atoms with Crippen LogP contribution in [0.1, 0.15) is 16.7 Å². The van der Waals surface area contributed by atoms with Crippen LogP contribution in [-0.2, 0) is 0 Å². The van der Waals surface area contributed by atoms with Gasteiger partial charge in [-0.1, -0.05) is 18.3 Å². The standard InChI is InChI=1S/C15H14BrFN2S/c1-8-3-4-10(15(18)20)14(5-8)19-13-7-12(17)11(16)6-9(13)2/h3-7,19H,1-2H3,(H2,18,20). The van der Waals surface area contributed by atoms with Crippen molar-refractivity contribution in [1.29, 1.82) is 0 Å². The van der Waals surface area contributed by atoms with Crippen LogP contribution < -0.4 is 11.1 Å². The molecule has 5 heteroatoms. The third-order valence-electron chi connectivity index (χ3n) is 2.98. The molecule has 2 aromatic rings. The number of nitrogens with one attached hydrogen (secondary N) is 1. The molecule has 3 N–H and O–H groups in total. The lowest BCUT2D eigenvalue weighted by molar-refractivity contribution is 0.621. The molecule has 0 spiro atoms. The van der Waals surface area contributed by atoms with E-state index in [2.05, 4.69) is 21.2 Å². The van der Waals surface area contributed by atoms with Crippen LogP contribution in [0.25, 0.3) is 0 Å². The van der Waals surface area contributed by atoms with Gasteiger partial charge in [-0.3, -0.25) is 0 Å². The Labute approximate surface area is 131 Å². The van der Waals surface area contributed by atoms with Gasteiger partial charge in [-0.05, 0) is 65.2 Å². The molecule has 2 aromatic carbocycles. The largest absolute Gasteiger partial charge is 0.389 e. The summed E-state index contributed by atoms with van der Waals surface area (Å²) in [7, 11) is 0. The maximum absolute atomic E-state index is 13.7. The maximum atomic E-state index is 13.7. The van der Waals surface area contributed by atoms with E-state index in [9.17, 15) is 4.39 Å². The summed E-state index contributed by atoms with van der Waals surface area (Å²) in [6.07, 6.45) is 0. The van der Waals surface area contributed by atoms with Gasteiger partial charge in [0, 0.05) is 16.9 Å². The summed E-state index contributed by atoms with van der Waals surface area (Å²) in [6.45, 7) is 3.88. The summed E-state index contributed by atoms with van der Waals surface area (Å²) in [5, 5.41) is 3.20. The number of hydrogen-bond donors (Lipinski definition) is 2. The molecule has 0 radical (unpaired) electrons. The molecule has 0 unspecified atom stereocenters. The number of anilines is 2. The van der Waals surface area contributed by atoms with E-state index in [0.717, 1.165) is 22.4 Å². The van der Waals surface area contributed by atoms with Gasteiger partial charge in [0.15, 0.2) is 0 Å². The van der Waals surface area contributed by atoms with Gasteiger partial charge in [0.1, 0.15) is 10.8 Å². The fraction of sp³-hybridized carbons (Fsp3) is 0.133. The van der Waals surface area contributed by atoms with E-state index in [0.29, 0.717) is 15.1 Å². The minimum Gasteiger partial charge on any atom is -0.389 e. The molecule has 0 heterocycles. The first kappa shape index (κ1) is 14.9. The zero-order valence-corrected chi connectivity index (χ0v) is 13.5. The summed E-state index contributed by atoms with van der Waals surface area (Å²) < 4.78 is 14.1. The first-order valence-electron chi connectivity index (χ1n) is 6.01. The van der Waals surface area contributed by atoms with Gasteiger partial charge in [0.25, 0.3) is 0 Å². The van der Waals surface area contributed by atoms with Crippen molar-refractivity contribution in [2.75, 3.05) is 5.32 Å². The maximum Gasteiger partial charge on any atom is 0.139 e. The number of halogens is 2. The molecule has 2 nitrogen and oxygen atoms in total. The average Bonchev–Trinajstić information content (AvgIpc) is 2.35. The number of rotatable bonds is 3. The van der Waals surface area contributed by atoms with Gasteiger partial charge in [-0.25, -0.2) is 4.39 Å². The Bertz CT molecular complexity index is 686. The molecule has 0 aliphatic heterocycles. The van der Waals surface area contributed by atoms with Crippen molar-refractivity contribution in [3.8, 4) is 0 Å². The van der Waals surface area contributed by atoms with Crippen molar-refractivity contribution < 1.29 is 4.39 Å². The number of nitrogens with two attached hydrogens (primary N) is 1. The monoisotopic (exact) mass is 352 g/mol. The van der Waals surface area contributed by atoms with Crippen LogP contribution in [0.5, 0.6) is 0 Å². The van der Waals surface area contributed by atoms with E-state index >= 15 is 0 Å². The summed E-state index contributed by atoms with van der Waals surface area (Å²) in [5.74, 6) is -0.317. The molecular formula is C15H14BrFN2S. The molecule has 2 rings (SSSR count).